The van der Waals surface area contributed by atoms with E-state index in [1.807, 2.05) is 95.2 Å². The number of nitrogens with one attached hydrogen (secondary N) is 3. The van der Waals surface area contributed by atoms with Crippen molar-refractivity contribution < 1.29 is 57.6 Å². The van der Waals surface area contributed by atoms with Gasteiger partial charge in [-0.3, -0.25) is 57.6 Å². The minimum Gasteiger partial charge on any atom is -0.344 e. The fraction of sp³-hybridized carbons (Fsp3) is 0.800. The lowest BCUT2D eigenvalue weighted by atomic mass is 9.70. The summed E-state index contributed by atoms with van der Waals surface area (Å²) in [6.45, 7) is 32.9. The molecule has 19 heteroatoms. The van der Waals surface area contributed by atoms with Crippen molar-refractivity contribution in [2.45, 2.75) is 231 Å². The number of rotatable bonds is 15. The van der Waals surface area contributed by atoms with E-state index in [1.54, 1.807) is 41.7 Å². The maximum absolute atomic E-state index is 15.0. The monoisotopic (exact) mass is 1180 g/mol. The van der Waals surface area contributed by atoms with E-state index in [-0.39, 0.29) is 111 Å². The molecule has 2 aliphatic heterocycles. The number of allylic oxidation sites excluding steroid dienone is 2. The Bertz CT molecular complexity index is 2330. The number of likely N-dealkylation sites (N-methyl/N-ethyl adjacent to an activating group) is 3. The normalized spacial score (nSPS) is 29.2. The van der Waals surface area contributed by atoms with Crippen molar-refractivity contribution in [3.05, 3.63) is 12.2 Å². The van der Waals surface area contributed by atoms with Gasteiger partial charge in [-0.1, -0.05) is 123 Å². The topological polar surface area (TPSA) is 246 Å². The quantitative estimate of drug-likeness (QED) is 0.134. The molecule has 13 atom stereocenters. The average Bonchev–Trinajstić information content (AvgIpc) is 1.60. The Kier molecular flexibility index (Phi) is 30.0. The Morgan fingerprint density at radius 3 is 1.61 bits per heavy atom. The molecule has 1 unspecified atom stereocenters. The lowest BCUT2D eigenvalue weighted by molar-refractivity contribution is -0.321. The highest BCUT2D eigenvalue weighted by molar-refractivity contribution is 6.00. The van der Waals surface area contributed by atoms with E-state index in [9.17, 15) is 52.7 Å². The van der Waals surface area contributed by atoms with E-state index in [2.05, 4.69) is 16.0 Å². The molecule has 0 bridgehead atoms. The fourth-order valence-electron chi connectivity index (χ4n) is 12.1. The molecule has 0 radical (unpaired) electrons. The van der Waals surface area contributed by atoms with E-state index in [0.717, 1.165) is 5.06 Å². The molecule has 0 saturated carbocycles. The third-order valence-electron chi connectivity index (χ3n) is 17.3. The zero-order chi connectivity index (χ0) is 64.6. The van der Waals surface area contributed by atoms with Crippen LogP contribution in [0.15, 0.2) is 12.2 Å². The van der Waals surface area contributed by atoms with Crippen molar-refractivity contribution in [3.63, 3.8) is 0 Å². The first-order valence-electron chi connectivity index (χ1n) is 31.2. The van der Waals surface area contributed by atoms with Crippen LogP contribution in [0.3, 0.4) is 0 Å². The Morgan fingerprint density at radius 2 is 1.12 bits per heavy atom. The molecule has 0 spiro atoms. The van der Waals surface area contributed by atoms with Crippen molar-refractivity contribution in [2.24, 2.45) is 70.5 Å². The van der Waals surface area contributed by atoms with Gasteiger partial charge in [0.1, 0.15) is 29.8 Å². The molecule has 2 saturated heterocycles. The van der Waals surface area contributed by atoms with Crippen molar-refractivity contribution in [3.8, 4) is 0 Å². The van der Waals surface area contributed by atoms with Crippen LogP contribution in [0.5, 0.6) is 0 Å². The number of carbonyl (C=O) groups is 11. The number of Topliss-reactive ketones (excluding diaryl/α,β-unsaturated/α-hetero) is 5. The van der Waals surface area contributed by atoms with Crippen molar-refractivity contribution in [1.29, 1.82) is 0 Å². The minimum absolute atomic E-state index is 0.0539. The Hall–Kier alpha value is -5.17. The summed E-state index contributed by atoms with van der Waals surface area (Å²) in [6, 6.07) is -6.52. The van der Waals surface area contributed by atoms with E-state index in [0.29, 0.717) is 13.0 Å². The summed E-state index contributed by atoms with van der Waals surface area (Å²) in [7, 11) is 6.26. The number of nitrogens with zero attached hydrogens (tertiary/aromatic N) is 4. The molecule has 478 valence electrons. The molecule has 3 N–H and O–H groups in total. The van der Waals surface area contributed by atoms with Gasteiger partial charge in [0.15, 0.2) is 23.4 Å². The zero-order valence-corrected chi connectivity index (χ0v) is 55.5. The van der Waals surface area contributed by atoms with Crippen LogP contribution in [0.2, 0.25) is 0 Å². The van der Waals surface area contributed by atoms with E-state index >= 15 is 0 Å². The number of ketones is 5. The molecule has 2 heterocycles. The van der Waals surface area contributed by atoms with Crippen molar-refractivity contribution in [2.75, 3.05) is 34.7 Å². The van der Waals surface area contributed by atoms with Gasteiger partial charge in [0.05, 0.1) is 18.1 Å². The Labute approximate surface area is 504 Å². The van der Waals surface area contributed by atoms with Gasteiger partial charge in [0.2, 0.25) is 29.5 Å². The molecule has 84 heavy (non-hydrogen) atoms. The van der Waals surface area contributed by atoms with E-state index < -0.39 is 125 Å². The predicted molar refractivity (Wildman–Crippen MR) is 326 cm³/mol. The Morgan fingerprint density at radius 1 is 0.595 bits per heavy atom. The lowest BCUT2D eigenvalue weighted by Gasteiger charge is -2.50. The van der Waals surface area contributed by atoms with Gasteiger partial charge in [-0.05, 0) is 93.9 Å². The van der Waals surface area contributed by atoms with E-state index in [4.69, 9.17) is 4.84 Å². The second-order valence-corrected chi connectivity index (χ2v) is 27.4. The number of hydroxylamine groups is 2. The molecule has 19 nitrogen and oxygen atoms in total. The van der Waals surface area contributed by atoms with Gasteiger partial charge in [-0.15, -0.1) is 0 Å². The minimum atomic E-state index is -1.21. The second-order valence-electron chi connectivity index (χ2n) is 27.4. The fourth-order valence-corrected chi connectivity index (χ4v) is 12.1. The molecule has 2 aliphatic rings. The average molecular weight is 1180 g/mol. The summed E-state index contributed by atoms with van der Waals surface area (Å²) in [5.74, 6) is -11.1. The molecule has 0 aromatic carbocycles. The van der Waals surface area contributed by atoms with E-state index in [1.165, 1.54) is 42.8 Å². The van der Waals surface area contributed by atoms with Gasteiger partial charge in [-0.25, -0.2) is 5.06 Å². The summed E-state index contributed by atoms with van der Waals surface area (Å²) in [5, 5.41) is 9.77. The summed E-state index contributed by atoms with van der Waals surface area (Å²) < 4.78 is 0. The molecule has 0 aliphatic carbocycles. The van der Waals surface area contributed by atoms with Crippen LogP contribution in [0.25, 0.3) is 0 Å². The first-order chi connectivity index (χ1) is 38.9. The van der Waals surface area contributed by atoms with Crippen molar-refractivity contribution >= 4 is 64.4 Å². The summed E-state index contributed by atoms with van der Waals surface area (Å²) in [5.41, 5.74) is -0.795. The number of amides is 6. The largest absolute Gasteiger partial charge is 0.344 e. The molecule has 0 aromatic heterocycles. The van der Waals surface area contributed by atoms with Crippen LogP contribution in [0, 0.1) is 70.5 Å². The summed E-state index contributed by atoms with van der Waals surface area (Å²) in [4.78, 5) is 170. The highest BCUT2D eigenvalue weighted by Gasteiger charge is 2.54. The third-order valence-corrected chi connectivity index (χ3v) is 17.3. The molecular formula is C65H111N7O12. The van der Waals surface area contributed by atoms with Crippen LogP contribution in [-0.4, -0.2) is 161 Å². The number of hydrogen-bond donors (Lipinski definition) is 3. The first-order valence-corrected chi connectivity index (χ1v) is 31.2. The maximum atomic E-state index is 15.0. The lowest BCUT2D eigenvalue weighted by Crippen LogP contribution is -2.71. The third kappa shape index (κ3) is 20.5. The van der Waals surface area contributed by atoms with Gasteiger partial charge < -0.3 is 30.7 Å². The van der Waals surface area contributed by atoms with Crippen molar-refractivity contribution in [1.82, 2.24) is 35.7 Å². The number of hydrogen-bond acceptors (Lipinski definition) is 13. The van der Waals surface area contributed by atoms with Crippen LogP contribution in [-0.2, 0) is 57.6 Å². The van der Waals surface area contributed by atoms with Gasteiger partial charge in [0, 0.05) is 89.4 Å². The summed E-state index contributed by atoms with van der Waals surface area (Å²) in [6.07, 6.45) is 3.19. The zero-order valence-electron chi connectivity index (χ0n) is 55.5. The molecule has 2 fully saturated rings. The first kappa shape index (κ1) is 74.9. The van der Waals surface area contributed by atoms with Crippen LogP contribution in [0.1, 0.15) is 189 Å². The predicted octanol–water partition coefficient (Wildman–Crippen LogP) is 7.61. The SMILES string of the molecule is C/C=C/C[C@@H](C)C1ON2C(=O)[C@H](C(C)C)N(C)C(=O)[C@H](CC(C)C)CC(=O)[C@H](CC(C)C)N(C)C(=O)[C@@H](C)NC(=O)[C@H](C)CC(=O)[C@H](CC(C)C)N(C)C(=O)[C@H](C(C)C)CC(=O)[C@H](C(C)(C)CNC)CC(=O)[C@@H](C)CC(=O)[C@H](CC)NC(=O)[C@H]12. The number of carbonyl (C=O) groups excluding carboxylic acids is 11. The standard InChI is InChI=1S/C65H111N7O12/c1-23-25-26-41(13)58-57-60(79)68-48(24-2)53(75)30-42(14)51(73)34-47(65(17,18)35-66-19)52(74)33-46(39(9)10)63(82)70(21)49(28-37(5)6)54(76)31-43(15)59(78)67-44(16)61(80)69(20)50(29-38(7)8)55(77)32-45(27-36(3)4)62(81)71(22)56(40(11)12)64(83)72(57)84-58/h23,25,36-50,56-58,66H,24,26-35H2,1-22H3,(H,67,78)(H,68,79)/b25-23+/t41-,42+,43-,44-,45-,46+,47-,48+,49+,50+,56+,57+,58?/m1/s1. The van der Waals surface area contributed by atoms with Gasteiger partial charge in [-0.2, -0.15) is 0 Å². The molecule has 2 rings (SSSR count). The van der Waals surface area contributed by atoms with Crippen LogP contribution in [0.4, 0.5) is 0 Å². The summed E-state index contributed by atoms with van der Waals surface area (Å²) >= 11 is 0. The smallest absolute Gasteiger partial charge is 0.270 e. The van der Waals surface area contributed by atoms with Gasteiger partial charge in [0.25, 0.3) is 5.91 Å². The highest BCUT2D eigenvalue weighted by atomic mass is 16.7. The second kappa shape index (κ2) is 33.7. The molecule has 0 aromatic rings. The molecular weight excluding hydrogens is 1070 g/mol. The molecule has 6 amide bonds. The Balaban J connectivity index is 2.90. The van der Waals surface area contributed by atoms with Gasteiger partial charge >= 0.3 is 0 Å². The number of fused-ring (bicyclic) bond motifs is 1. The van der Waals surface area contributed by atoms with Crippen LogP contribution >= 0.6 is 0 Å². The van der Waals surface area contributed by atoms with Crippen LogP contribution < -0.4 is 16.0 Å². The highest BCUT2D eigenvalue weighted by Crippen LogP contribution is 2.37. The maximum Gasteiger partial charge on any atom is 0.270 e.